The normalized spacial score (nSPS) is 18.8. The van der Waals surface area contributed by atoms with Crippen molar-refractivity contribution in [1.82, 2.24) is 19.2 Å². The Bertz CT molecular complexity index is 1530. The SMILES string of the molecule is CC(=O)N1CC[C@@](n2cc3c(NC(C)c4cccc(C(F)F)c4F)nn(C)c(=O)c3cc2=O)(C(F)(F)F)C1. The van der Waals surface area contributed by atoms with E-state index in [1.807, 2.05) is 0 Å². The highest BCUT2D eigenvalue weighted by Crippen LogP contribution is 2.43. The molecule has 2 aromatic heterocycles. The number of anilines is 1. The second-order valence-corrected chi connectivity index (χ2v) is 9.22. The number of carbonyl (C=O) groups excluding carboxylic acids is 1. The van der Waals surface area contributed by atoms with Crippen molar-refractivity contribution in [3.8, 4) is 0 Å². The molecule has 1 fully saturated rings. The number of benzene rings is 1. The van der Waals surface area contributed by atoms with Gasteiger partial charge in [0.2, 0.25) is 5.91 Å². The summed E-state index contributed by atoms with van der Waals surface area (Å²) in [6.07, 6.45) is -7.76. The van der Waals surface area contributed by atoms with Crippen molar-refractivity contribution >= 4 is 22.5 Å². The zero-order valence-corrected chi connectivity index (χ0v) is 20.4. The number of carbonyl (C=O) groups is 1. The van der Waals surface area contributed by atoms with Crippen molar-refractivity contribution in [3.63, 3.8) is 0 Å². The summed E-state index contributed by atoms with van der Waals surface area (Å²) < 4.78 is 85.7. The largest absolute Gasteiger partial charge is 0.413 e. The van der Waals surface area contributed by atoms with Crippen LogP contribution in [0.25, 0.3) is 10.8 Å². The molecule has 0 aliphatic carbocycles. The first kappa shape index (κ1) is 27.2. The Balaban J connectivity index is 1.90. The van der Waals surface area contributed by atoms with Gasteiger partial charge in [-0.2, -0.15) is 18.3 Å². The molecule has 1 aliphatic rings. The number of pyridine rings is 1. The van der Waals surface area contributed by atoms with Gasteiger partial charge in [-0.05, 0) is 13.3 Å². The molecule has 1 N–H and O–H groups in total. The van der Waals surface area contributed by atoms with Gasteiger partial charge in [-0.15, -0.1) is 0 Å². The molecule has 1 aromatic carbocycles. The number of alkyl halides is 5. The molecule has 14 heteroatoms. The number of rotatable bonds is 5. The predicted octanol–water partition coefficient (Wildman–Crippen LogP) is 3.85. The summed E-state index contributed by atoms with van der Waals surface area (Å²) >= 11 is 0. The molecule has 38 heavy (non-hydrogen) atoms. The third-order valence-corrected chi connectivity index (χ3v) is 6.88. The molecule has 1 amide bonds. The number of aryl methyl sites for hydroxylation is 1. The van der Waals surface area contributed by atoms with Crippen molar-refractivity contribution in [2.45, 2.75) is 44.5 Å². The molecule has 0 radical (unpaired) electrons. The van der Waals surface area contributed by atoms with E-state index >= 15 is 0 Å². The van der Waals surface area contributed by atoms with Crippen LogP contribution in [-0.4, -0.2) is 44.4 Å². The van der Waals surface area contributed by atoms with Crippen molar-refractivity contribution in [1.29, 1.82) is 0 Å². The maximum absolute atomic E-state index is 14.7. The summed E-state index contributed by atoms with van der Waals surface area (Å²) in [7, 11) is 1.25. The first-order valence-electron chi connectivity index (χ1n) is 11.5. The zero-order valence-electron chi connectivity index (χ0n) is 20.4. The van der Waals surface area contributed by atoms with E-state index in [1.165, 1.54) is 26.1 Å². The van der Waals surface area contributed by atoms with Gasteiger partial charge in [0.05, 0.1) is 23.5 Å². The van der Waals surface area contributed by atoms with Crippen LogP contribution in [0.1, 0.15) is 43.9 Å². The molecular formula is C24H23F6N5O3. The second-order valence-electron chi connectivity index (χ2n) is 9.22. The van der Waals surface area contributed by atoms with Crippen LogP contribution in [-0.2, 0) is 17.4 Å². The second kappa shape index (κ2) is 9.48. The van der Waals surface area contributed by atoms with Crippen molar-refractivity contribution in [3.05, 3.63) is 68.1 Å². The fourth-order valence-electron chi connectivity index (χ4n) is 4.74. The van der Waals surface area contributed by atoms with E-state index in [1.54, 1.807) is 0 Å². The molecule has 0 bridgehead atoms. The van der Waals surface area contributed by atoms with Gasteiger partial charge in [0.1, 0.15) is 5.82 Å². The van der Waals surface area contributed by atoms with Gasteiger partial charge in [0.25, 0.3) is 17.5 Å². The van der Waals surface area contributed by atoms with E-state index < -0.39 is 65.6 Å². The van der Waals surface area contributed by atoms with Gasteiger partial charge >= 0.3 is 6.18 Å². The number of nitrogens with zero attached hydrogens (tertiary/aromatic N) is 4. The van der Waals surface area contributed by atoms with Gasteiger partial charge in [-0.25, -0.2) is 17.9 Å². The quantitative estimate of drug-likeness (QED) is 0.494. The maximum atomic E-state index is 14.7. The lowest BCUT2D eigenvalue weighted by Crippen LogP contribution is -2.54. The Kier molecular flexibility index (Phi) is 6.78. The molecule has 3 aromatic rings. The molecule has 4 rings (SSSR count). The topological polar surface area (TPSA) is 89.2 Å². The number of halogens is 6. The lowest BCUT2D eigenvalue weighted by atomic mass is 9.96. The summed E-state index contributed by atoms with van der Waals surface area (Å²) in [5, 5.41) is 6.39. The Morgan fingerprint density at radius 3 is 2.39 bits per heavy atom. The molecule has 0 saturated carbocycles. The van der Waals surface area contributed by atoms with E-state index in [2.05, 4.69) is 10.4 Å². The number of amides is 1. The predicted molar refractivity (Wildman–Crippen MR) is 126 cm³/mol. The van der Waals surface area contributed by atoms with Gasteiger partial charge in [-0.3, -0.25) is 19.0 Å². The van der Waals surface area contributed by atoms with Crippen LogP contribution in [0.4, 0.5) is 32.2 Å². The number of fused-ring (bicyclic) bond motifs is 1. The molecule has 1 unspecified atom stereocenters. The Labute approximate surface area is 211 Å². The zero-order chi connectivity index (χ0) is 28.2. The molecule has 3 heterocycles. The Morgan fingerprint density at radius 2 is 1.82 bits per heavy atom. The third kappa shape index (κ3) is 4.41. The highest BCUT2D eigenvalue weighted by atomic mass is 19.4. The van der Waals surface area contributed by atoms with E-state index in [4.69, 9.17) is 0 Å². The fourth-order valence-corrected chi connectivity index (χ4v) is 4.74. The van der Waals surface area contributed by atoms with Crippen molar-refractivity contribution in [2.75, 3.05) is 18.4 Å². The summed E-state index contributed by atoms with van der Waals surface area (Å²) in [6.45, 7) is 1.49. The average Bonchev–Trinajstić information content (AvgIpc) is 3.29. The minimum atomic E-state index is -4.94. The van der Waals surface area contributed by atoms with Crippen molar-refractivity contribution in [2.24, 2.45) is 7.05 Å². The summed E-state index contributed by atoms with van der Waals surface area (Å²) in [6, 6.07) is 3.16. The summed E-state index contributed by atoms with van der Waals surface area (Å²) in [5.74, 6) is -1.94. The van der Waals surface area contributed by atoms with Gasteiger partial charge in [0, 0.05) is 43.7 Å². The van der Waals surface area contributed by atoms with Crippen LogP contribution >= 0.6 is 0 Å². The van der Waals surface area contributed by atoms with E-state index in [0.29, 0.717) is 4.57 Å². The average molecular weight is 543 g/mol. The first-order valence-corrected chi connectivity index (χ1v) is 11.5. The lowest BCUT2D eigenvalue weighted by molar-refractivity contribution is -0.211. The highest BCUT2D eigenvalue weighted by Gasteiger charge is 2.60. The lowest BCUT2D eigenvalue weighted by Gasteiger charge is -2.34. The van der Waals surface area contributed by atoms with Crippen LogP contribution in [0.2, 0.25) is 0 Å². The number of hydrogen-bond donors (Lipinski definition) is 1. The standard InChI is InChI=1S/C24H23F6N5O3/c1-12(14-5-4-6-15(19(14)25)20(26)27)31-21-17-10-35(18(37)9-16(17)22(38)33(3)32-21)23(24(28,29)30)7-8-34(11-23)13(2)36/h4-6,9-10,12,20H,7-8,11H2,1-3H3,(H,31,32)/t12?,23-/m0/s1. The van der Waals surface area contributed by atoms with Gasteiger partial charge in [-0.1, -0.05) is 18.2 Å². The van der Waals surface area contributed by atoms with E-state index in [-0.39, 0.29) is 28.7 Å². The molecule has 1 saturated heterocycles. The third-order valence-electron chi connectivity index (χ3n) is 6.88. The van der Waals surface area contributed by atoms with Crippen LogP contribution in [0.15, 0.2) is 40.1 Å². The summed E-state index contributed by atoms with van der Waals surface area (Å²) in [4.78, 5) is 38.5. The first-order chi connectivity index (χ1) is 17.7. The van der Waals surface area contributed by atoms with E-state index in [9.17, 15) is 40.7 Å². The van der Waals surface area contributed by atoms with Crippen LogP contribution < -0.4 is 16.4 Å². The summed E-state index contributed by atoms with van der Waals surface area (Å²) in [5.41, 5.74) is -5.64. The highest BCUT2D eigenvalue weighted by molar-refractivity contribution is 5.90. The maximum Gasteiger partial charge on any atom is 0.413 e. The fraction of sp³-hybridized carbons (Fsp3) is 0.417. The van der Waals surface area contributed by atoms with E-state index in [0.717, 1.165) is 34.8 Å². The monoisotopic (exact) mass is 543 g/mol. The number of aromatic nitrogens is 3. The number of hydrogen-bond acceptors (Lipinski definition) is 5. The minimum absolute atomic E-state index is 0.167. The Morgan fingerprint density at radius 1 is 1.16 bits per heavy atom. The van der Waals surface area contributed by atoms with Gasteiger partial charge in [0.15, 0.2) is 11.4 Å². The van der Waals surface area contributed by atoms with Crippen LogP contribution in [0.5, 0.6) is 0 Å². The molecule has 1 aliphatic heterocycles. The van der Waals surface area contributed by atoms with Gasteiger partial charge < -0.3 is 10.2 Å². The Hall–Kier alpha value is -3.84. The molecular weight excluding hydrogens is 520 g/mol. The van der Waals surface area contributed by atoms with Crippen molar-refractivity contribution < 1.29 is 31.1 Å². The molecule has 2 atom stereocenters. The number of likely N-dealkylation sites (tertiary alicyclic amines) is 1. The van der Waals surface area contributed by atoms with Crippen LogP contribution in [0, 0.1) is 5.82 Å². The smallest absolute Gasteiger partial charge is 0.361 e. The molecule has 204 valence electrons. The molecule has 0 spiro atoms. The molecule has 8 nitrogen and oxygen atoms in total. The number of nitrogens with one attached hydrogen (secondary N) is 1. The van der Waals surface area contributed by atoms with Crippen LogP contribution in [0.3, 0.4) is 0 Å². The minimum Gasteiger partial charge on any atom is -0.361 e.